The summed E-state index contributed by atoms with van der Waals surface area (Å²) in [6.45, 7) is 2.12. The first-order valence-corrected chi connectivity index (χ1v) is 7.91. The maximum Gasteiger partial charge on any atom is 0.293 e. The fraction of sp³-hybridized carbons (Fsp3) is 0.500. The van der Waals surface area contributed by atoms with Crippen LogP contribution in [0.15, 0.2) is 23.1 Å². The van der Waals surface area contributed by atoms with Gasteiger partial charge in [0.2, 0.25) is 0 Å². The van der Waals surface area contributed by atoms with Crippen molar-refractivity contribution < 1.29 is 13.3 Å². The number of hydrogen-bond acceptors (Lipinski definition) is 5. The van der Waals surface area contributed by atoms with Gasteiger partial charge in [0.05, 0.1) is 9.82 Å². The standard InChI is InChI=1S/C12H16N2O4S/c1-8-5-9(6-8)13-11-4-3-10(19(2,17)18)7-12(11)14(15)16/h3-4,7-9,13H,5-6H2,1-2H3. The Balaban J connectivity index is 2.31. The molecular weight excluding hydrogens is 268 g/mol. The molecule has 2 rings (SSSR count). The van der Waals surface area contributed by atoms with E-state index in [9.17, 15) is 18.5 Å². The Kier molecular flexibility index (Phi) is 3.49. The number of hydrogen-bond donors (Lipinski definition) is 1. The summed E-state index contributed by atoms with van der Waals surface area (Å²) >= 11 is 0. The van der Waals surface area contributed by atoms with Gasteiger partial charge in [-0.3, -0.25) is 10.1 Å². The maximum absolute atomic E-state index is 11.4. The Bertz CT molecular complexity index is 606. The highest BCUT2D eigenvalue weighted by Crippen LogP contribution is 2.34. The summed E-state index contributed by atoms with van der Waals surface area (Å²) in [7, 11) is -3.44. The van der Waals surface area contributed by atoms with Crippen molar-refractivity contribution in [2.45, 2.75) is 30.7 Å². The molecule has 0 aliphatic heterocycles. The molecule has 1 N–H and O–H groups in total. The van der Waals surface area contributed by atoms with E-state index in [1.807, 2.05) is 0 Å². The van der Waals surface area contributed by atoms with E-state index >= 15 is 0 Å². The third-order valence-electron chi connectivity index (χ3n) is 3.33. The zero-order chi connectivity index (χ0) is 14.2. The number of anilines is 1. The Labute approximate surface area is 111 Å². The molecule has 104 valence electrons. The van der Waals surface area contributed by atoms with Gasteiger partial charge in [-0.2, -0.15) is 0 Å². The van der Waals surface area contributed by atoms with Crippen molar-refractivity contribution in [3.05, 3.63) is 28.3 Å². The van der Waals surface area contributed by atoms with E-state index < -0.39 is 14.8 Å². The van der Waals surface area contributed by atoms with Crippen molar-refractivity contribution in [1.29, 1.82) is 0 Å². The molecule has 0 heterocycles. The Morgan fingerprint density at radius 2 is 2.00 bits per heavy atom. The van der Waals surface area contributed by atoms with Crippen molar-refractivity contribution in [3.8, 4) is 0 Å². The molecule has 0 saturated heterocycles. The number of nitrogens with zero attached hydrogens (tertiary/aromatic N) is 1. The van der Waals surface area contributed by atoms with E-state index in [2.05, 4.69) is 12.2 Å². The van der Waals surface area contributed by atoms with E-state index in [-0.39, 0.29) is 16.6 Å². The number of sulfone groups is 1. The van der Waals surface area contributed by atoms with Gasteiger partial charge in [-0.25, -0.2) is 8.42 Å². The lowest BCUT2D eigenvalue weighted by atomic mass is 9.82. The second-order valence-electron chi connectivity index (χ2n) is 5.13. The van der Waals surface area contributed by atoms with Gasteiger partial charge >= 0.3 is 0 Å². The fourth-order valence-corrected chi connectivity index (χ4v) is 2.90. The first-order valence-electron chi connectivity index (χ1n) is 6.02. The largest absolute Gasteiger partial charge is 0.377 e. The van der Waals surface area contributed by atoms with E-state index in [0.717, 1.165) is 25.2 Å². The number of nitro benzene ring substituents is 1. The zero-order valence-corrected chi connectivity index (χ0v) is 11.6. The summed E-state index contributed by atoms with van der Waals surface area (Å²) in [5, 5.41) is 14.1. The van der Waals surface area contributed by atoms with Crippen LogP contribution in [0.4, 0.5) is 11.4 Å². The number of nitrogens with one attached hydrogen (secondary N) is 1. The lowest BCUT2D eigenvalue weighted by Gasteiger charge is -2.33. The molecule has 0 spiro atoms. The van der Waals surface area contributed by atoms with Crippen molar-refractivity contribution in [1.82, 2.24) is 0 Å². The minimum absolute atomic E-state index is 0.0354. The lowest BCUT2D eigenvalue weighted by Crippen LogP contribution is -2.33. The number of rotatable bonds is 4. The molecule has 1 aromatic rings. The fourth-order valence-electron chi connectivity index (χ4n) is 2.26. The first kappa shape index (κ1) is 13.8. The summed E-state index contributed by atoms with van der Waals surface area (Å²) in [6.07, 6.45) is 2.99. The van der Waals surface area contributed by atoms with Gasteiger partial charge in [0.25, 0.3) is 5.69 Å². The van der Waals surface area contributed by atoms with Crippen molar-refractivity contribution in [3.63, 3.8) is 0 Å². The molecule has 6 nitrogen and oxygen atoms in total. The normalized spacial score (nSPS) is 22.6. The Morgan fingerprint density at radius 3 is 2.47 bits per heavy atom. The molecule has 0 aromatic heterocycles. The van der Waals surface area contributed by atoms with Crippen LogP contribution in [0.3, 0.4) is 0 Å². The minimum Gasteiger partial charge on any atom is -0.377 e. The van der Waals surface area contributed by atoms with E-state index in [1.54, 1.807) is 0 Å². The van der Waals surface area contributed by atoms with Gasteiger partial charge in [0.15, 0.2) is 9.84 Å². The van der Waals surface area contributed by atoms with Crippen LogP contribution in [-0.2, 0) is 9.84 Å². The van der Waals surface area contributed by atoms with Crippen LogP contribution in [0.5, 0.6) is 0 Å². The van der Waals surface area contributed by atoms with E-state index in [0.29, 0.717) is 11.6 Å². The molecule has 1 saturated carbocycles. The number of nitro groups is 1. The molecule has 1 fully saturated rings. The molecule has 0 bridgehead atoms. The SMILES string of the molecule is CC1CC(Nc2ccc(S(C)(=O)=O)cc2[N+](=O)[O-])C1. The molecule has 7 heteroatoms. The third-order valence-corrected chi connectivity index (χ3v) is 4.44. The van der Waals surface area contributed by atoms with Crippen LogP contribution in [-0.4, -0.2) is 25.6 Å². The van der Waals surface area contributed by atoms with Crippen LogP contribution in [0.1, 0.15) is 19.8 Å². The Morgan fingerprint density at radius 1 is 1.37 bits per heavy atom. The molecule has 0 unspecified atom stereocenters. The van der Waals surface area contributed by atoms with E-state index in [4.69, 9.17) is 0 Å². The summed E-state index contributed by atoms with van der Waals surface area (Å²) < 4.78 is 22.8. The Hall–Kier alpha value is -1.63. The van der Waals surface area contributed by atoms with Gasteiger partial charge in [0.1, 0.15) is 5.69 Å². The molecule has 0 atom stereocenters. The summed E-state index contributed by atoms with van der Waals surface area (Å²) in [5.74, 6) is 0.631. The molecule has 1 aliphatic carbocycles. The van der Waals surface area contributed by atoms with Crippen LogP contribution < -0.4 is 5.32 Å². The molecule has 0 radical (unpaired) electrons. The van der Waals surface area contributed by atoms with E-state index in [1.165, 1.54) is 12.1 Å². The molecule has 19 heavy (non-hydrogen) atoms. The average Bonchev–Trinajstić information content (AvgIpc) is 2.25. The molecule has 1 aromatic carbocycles. The summed E-state index contributed by atoms with van der Waals surface area (Å²) in [6, 6.07) is 4.21. The lowest BCUT2D eigenvalue weighted by molar-refractivity contribution is -0.384. The number of benzene rings is 1. The zero-order valence-electron chi connectivity index (χ0n) is 10.8. The molecule has 1 aliphatic rings. The van der Waals surface area contributed by atoms with Gasteiger partial charge in [0, 0.05) is 18.4 Å². The van der Waals surface area contributed by atoms with Gasteiger partial charge in [-0.15, -0.1) is 0 Å². The van der Waals surface area contributed by atoms with Gasteiger partial charge in [-0.05, 0) is 30.9 Å². The topological polar surface area (TPSA) is 89.3 Å². The predicted octanol–water partition coefficient (Wildman–Crippen LogP) is 2.21. The monoisotopic (exact) mass is 284 g/mol. The minimum atomic E-state index is -3.44. The molecule has 0 amide bonds. The van der Waals surface area contributed by atoms with Gasteiger partial charge < -0.3 is 5.32 Å². The van der Waals surface area contributed by atoms with Crippen molar-refractivity contribution in [2.24, 2.45) is 5.92 Å². The highest BCUT2D eigenvalue weighted by Gasteiger charge is 2.27. The van der Waals surface area contributed by atoms with Crippen LogP contribution in [0.2, 0.25) is 0 Å². The quantitative estimate of drug-likeness (QED) is 0.676. The second-order valence-corrected chi connectivity index (χ2v) is 7.14. The van der Waals surface area contributed by atoms with Crippen molar-refractivity contribution in [2.75, 3.05) is 11.6 Å². The third kappa shape index (κ3) is 3.04. The predicted molar refractivity (Wildman–Crippen MR) is 72.0 cm³/mol. The van der Waals surface area contributed by atoms with Crippen molar-refractivity contribution >= 4 is 21.2 Å². The average molecular weight is 284 g/mol. The highest BCUT2D eigenvalue weighted by atomic mass is 32.2. The second kappa shape index (κ2) is 4.80. The smallest absolute Gasteiger partial charge is 0.293 e. The maximum atomic E-state index is 11.4. The summed E-state index contributed by atoms with van der Waals surface area (Å²) in [5.41, 5.74) is 0.191. The van der Waals surface area contributed by atoms with Crippen LogP contribution in [0, 0.1) is 16.0 Å². The summed E-state index contributed by atoms with van der Waals surface area (Å²) in [4.78, 5) is 10.4. The highest BCUT2D eigenvalue weighted by molar-refractivity contribution is 7.90. The van der Waals surface area contributed by atoms with Gasteiger partial charge in [-0.1, -0.05) is 6.92 Å². The van der Waals surface area contributed by atoms with Crippen LogP contribution in [0.25, 0.3) is 0 Å². The molecular formula is C12H16N2O4S. The van der Waals surface area contributed by atoms with Crippen LogP contribution >= 0.6 is 0 Å². The first-order chi connectivity index (χ1) is 8.77.